The van der Waals surface area contributed by atoms with Gasteiger partial charge >= 0.3 is 0 Å². The van der Waals surface area contributed by atoms with E-state index >= 15 is 0 Å². The van der Waals surface area contributed by atoms with Crippen molar-refractivity contribution in [3.05, 3.63) is 18.0 Å². The standard InChI is InChI=1S/C13H22N4O4S/c1-21-5-4-17-22(19,20)10-6-12(15-7-10)13(18)16-8-11(14)9-2-3-9/h6-7,9,11,15,17H,2-5,8,14H2,1H3,(H,16,18). The molecule has 0 spiro atoms. The summed E-state index contributed by atoms with van der Waals surface area (Å²) in [5.41, 5.74) is 6.10. The number of H-pyrrole nitrogens is 1. The maximum absolute atomic E-state index is 12.0. The van der Waals surface area contributed by atoms with E-state index in [1.165, 1.54) is 19.4 Å². The third kappa shape index (κ3) is 4.54. The van der Waals surface area contributed by atoms with E-state index in [0.29, 0.717) is 12.5 Å². The summed E-state index contributed by atoms with van der Waals surface area (Å²) >= 11 is 0. The molecular formula is C13H22N4O4S. The summed E-state index contributed by atoms with van der Waals surface area (Å²) in [7, 11) is -2.16. The van der Waals surface area contributed by atoms with Crippen molar-refractivity contribution in [1.29, 1.82) is 0 Å². The number of hydrogen-bond donors (Lipinski definition) is 4. The molecule has 8 nitrogen and oxygen atoms in total. The maximum Gasteiger partial charge on any atom is 0.267 e. The zero-order valence-corrected chi connectivity index (χ0v) is 13.3. The predicted molar refractivity (Wildman–Crippen MR) is 80.9 cm³/mol. The first kappa shape index (κ1) is 16.9. The van der Waals surface area contributed by atoms with Gasteiger partial charge in [0.25, 0.3) is 5.91 Å². The number of methoxy groups -OCH3 is 1. The van der Waals surface area contributed by atoms with E-state index in [0.717, 1.165) is 12.8 Å². The van der Waals surface area contributed by atoms with Gasteiger partial charge in [-0.25, -0.2) is 13.1 Å². The minimum atomic E-state index is -3.65. The lowest BCUT2D eigenvalue weighted by atomic mass is 10.2. The number of hydrogen-bond acceptors (Lipinski definition) is 5. The molecule has 1 aliphatic rings. The Labute approximate surface area is 129 Å². The number of ether oxygens (including phenoxy) is 1. The van der Waals surface area contributed by atoms with Crippen molar-refractivity contribution in [3.63, 3.8) is 0 Å². The predicted octanol–water partition coefficient (Wildman–Crippen LogP) is -0.593. The largest absolute Gasteiger partial charge is 0.383 e. The van der Waals surface area contributed by atoms with Crippen LogP contribution in [-0.2, 0) is 14.8 Å². The second kappa shape index (κ2) is 7.23. The van der Waals surface area contributed by atoms with Crippen LogP contribution in [0, 0.1) is 5.92 Å². The lowest BCUT2D eigenvalue weighted by Crippen LogP contribution is -2.38. The van der Waals surface area contributed by atoms with Crippen LogP contribution in [0.4, 0.5) is 0 Å². The molecule has 1 aromatic heterocycles. The molecule has 1 aromatic rings. The SMILES string of the molecule is COCCNS(=O)(=O)c1c[nH]c(C(=O)NCC(N)C2CC2)c1. The normalized spacial score (nSPS) is 16.5. The first-order valence-electron chi connectivity index (χ1n) is 7.15. The molecule has 1 saturated carbocycles. The van der Waals surface area contributed by atoms with E-state index in [2.05, 4.69) is 15.0 Å². The Balaban J connectivity index is 1.90. The summed E-state index contributed by atoms with van der Waals surface area (Å²) < 4.78 is 31.1. The Hall–Kier alpha value is -1.42. The highest BCUT2D eigenvalue weighted by atomic mass is 32.2. The summed E-state index contributed by atoms with van der Waals surface area (Å²) in [6.07, 6.45) is 3.50. The summed E-state index contributed by atoms with van der Waals surface area (Å²) in [6.45, 7) is 0.828. The van der Waals surface area contributed by atoms with Gasteiger partial charge in [0.15, 0.2) is 0 Å². The maximum atomic E-state index is 12.0. The monoisotopic (exact) mass is 330 g/mol. The fourth-order valence-corrected chi connectivity index (χ4v) is 3.02. The molecular weight excluding hydrogens is 308 g/mol. The van der Waals surface area contributed by atoms with E-state index in [9.17, 15) is 13.2 Å². The van der Waals surface area contributed by atoms with Crippen LogP contribution in [0.3, 0.4) is 0 Å². The van der Waals surface area contributed by atoms with Gasteiger partial charge in [0.1, 0.15) is 10.6 Å². The highest BCUT2D eigenvalue weighted by Gasteiger charge is 2.28. The molecule has 1 atom stereocenters. The molecule has 1 heterocycles. The molecule has 22 heavy (non-hydrogen) atoms. The van der Waals surface area contributed by atoms with E-state index in [1.54, 1.807) is 0 Å². The van der Waals surface area contributed by atoms with Gasteiger partial charge in [0.2, 0.25) is 10.0 Å². The fourth-order valence-electron chi connectivity index (χ4n) is 2.02. The third-order valence-corrected chi connectivity index (χ3v) is 4.98. The van der Waals surface area contributed by atoms with Crippen molar-refractivity contribution in [2.75, 3.05) is 26.8 Å². The van der Waals surface area contributed by atoms with Crippen LogP contribution >= 0.6 is 0 Å². The first-order chi connectivity index (χ1) is 10.4. The van der Waals surface area contributed by atoms with Gasteiger partial charge in [-0.2, -0.15) is 0 Å². The Morgan fingerprint density at radius 1 is 1.55 bits per heavy atom. The second-order valence-corrected chi connectivity index (χ2v) is 7.12. The fraction of sp³-hybridized carbons (Fsp3) is 0.615. The van der Waals surface area contributed by atoms with Crippen LogP contribution in [0.15, 0.2) is 17.2 Å². The molecule has 0 bridgehead atoms. The van der Waals surface area contributed by atoms with Crippen LogP contribution < -0.4 is 15.8 Å². The number of amides is 1. The highest BCUT2D eigenvalue weighted by molar-refractivity contribution is 7.89. The lowest BCUT2D eigenvalue weighted by Gasteiger charge is -2.10. The van der Waals surface area contributed by atoms with Crippen molar-refractivity contribution in [3.8, 4) is 0 Å². The summed E-state index contributed by atoms with van der Waals surface area (Å²) in [5, 5.41) is 2.71. The number of nitrogens with two attached hydrogens (primary N) is 1. The van der Waals surface area contributed by atoms with Crippen molar-refractivity contribution < 1.29 is 17.9 Å². The zero-order valence-electron chi connectivity index (χ0n) is 12.5. The van der Waals surface area contributed by atoms with Gasteiger partial charge in [-0.3, -0.25) is 4.79 Å². The Morgan fingerprint density at radius 3 is 2.91 bits per heavy atom. The quantitative estimate of drug-likeness (QED) is 0.450. The molecule has 0 aliphatic heterocycles. The lowest BCUT2D eigenvalue weighted by molar-refractivity contribution is 0.0946. The number of rotatable bonds is 9. The molecule has 2 rings (SSSR count). The molecule has 0 aromatic carbocycles. The van der Waals surface area contributed by atoms with Crippen molar-refractivity contribution in [2.24, 2.45) is 11.7 Å². The molecule has 9 heteroatoms. The minimum Gasteiger partial charge on any atom is -0.383 e. The average Bonchev–Trinajstić information content (AvgIpc) is 3.20. The van der Waals surface area contributed by atoms with Crippen LogP contribution in [0.25, 0.3) is 0 Å². The average molecular weight is 330 g/mol. The van der Waals surface area contributed by atoms with Gasteiger partial charge in [-0.05, 0) is 24.8 Å². The number of carbonyl (C=O) groups excluding carboxylic acids is 1. The molecule has 1 fully saturated rings. The molecule has 0 saturated heterocycles. The molecule has 1 unspecified atom stereocenters. The minimum absolute atomic E-state index is 0.0141. The molecule has 1 aliphatic carbocycles. The van der Waals surface area contributed by atoms with Gasteiger partial charge in [0, 0.05) is 32.4 Å². The third-order valence-electron chi connectivity index (χ3n) is 3.54. The molecule has 0 radical (unpaired) electrons. The Kier molecular flexibility index (Phi) is 5.57. The summed E-state index contributed by atoms with van der Waals surface area (Å²) in [6, 6.07) is 1.26. The van der Waals surface area contributed by atoms with Crippen molar-refractivity contribution in [2.45, 2.75) is 23.8 Å². The van der Waals surface area contributed by atoms with Gasteiger partial charge < -0.3 is 20.8 Å². The molecule has 5 N–H and O–H groups in total. The van der Waals surface area contributed by atoms with Crippen molar-refractivity contribution >= 4 is 15.9 Å². The Bertz CT molecular complexity index is 609. The molecule has 1 amide bonds. The van der Waals surface area contributed by atoms with Crippen LogP contribution in [0.2, 0.25) is 0 Å². The van der Waals surface area contributed by atoms with E-state index in [-0.39, 0.29) is 35.7 Å². The number of sulfonamides is 1. The number of carbonyl (C=O) groups is 1. The Morgan fingerprint density at radius 2 is 2.27 bits per heavy atom. The zero-order chi connectivity index (χ0) is 16.2. The van der Waals surface area contributed by atoms with Gasteiger partial charge in [0.05, 0.1) is 6.61 Å². The topological polar surface area (TPSA) is 126 Å². The smallest absolute Gasteiger partial charge is 0.267 e. The van der Waals surface area contributed by atoms with E-state index in [1.807, 2.05) is 0 Å². The van der Waals surface area contributed by atoms with E-state index < -0.39 is 10.0 Å². The van der Waals surface area contributed by atoms with Gasteiger partial charge in [-0.15, -0.1) is 0 Å². The highest BCUT2D eigenvalue weighted by Crippen LogP contribution is 2.31. The van der Waals surface area contributed by atoms with E-state index in [4.69, 9.17) is 10.5 Å². The number of aromatic nitrogens is 1. The van der Waals surface area contributed by atoms with Crippen LogP contribution in [-0.4, -0.2) is 52.2 Å². The first-order valence-corrected chi connectivity index (χ1v) is 8.63. The summed E-state index contributed by atoms with van der Waals surface area (Å²) in [4.78, 5) is 14.6. The summed E-state index contributed by atoms with van der Waals surface area (Å²) in [5.74, 6) is 0.124. The molecule has 124 valence electrons. The van der Waals surface area contributed by atoms with Crippen LogP contribution in [0.5, 0.6) is 0 Å². The number of aromatic amines is 1. The number of nitrogens with one attached hydrogen (secondary N) is 3. The van der Waals surface area contributed by atoms with Gasteiger partial charge in [-0.1, -0.05) is 0 Å². The van der Waals surface area contributed by atoms with Crippen LogP contribution in [0.1, 0.15) is 23.3 Å². The second-order valence-electron chi connectivity index (χ2n) is 5.35. The van der Waals surface area contributed by atoms with Crippen molar-refractivity contribution in [1.82, 2.24) is 15.0 Å².